The molecule has 0 aliphatic heterocycles. The molecule has 1 rings (SSSR count). The summed E-state index contributed by atoms with van der Waals surface area (Å²) in [5, 5.41) is 0. The fourth-order valence-electron chi connectivity index (χ4n) is 1.23. The van der Waals surface area contributed by atoms with Crippen LogP contribution < -0.4 is 5.73 Å². The maximum Gasteiger partial charge on any atom is 0.310 e. The van der Waals surface area contributed by atoms with Crippen LogP contribution in [0.4, 0.5) is 14.6 Å². The summed E-state index contributed by atoms with van der Waals surface area (Å²) in [6.45, 7) is 1.92. The molecule has 0 bridgehead atoms. The number of carbonyl (C=O) groups excluding carboxylic acids is 1. The molecule has 1 aromatic heterocycles. The Balaban J connectivity index is 2.84. The van der Waals surface area contributed by atoms with Crippen LogP contribution in [-0.4, -0.2) is 17.6 Å². The van der Waals surface area contributed by atoms with Crippen LogP contribution in [0.1, 0.15) is 24.6 Å². The van der Waals surface area contributed by atoms with Gasteiger partial charge in [-0.2, -0.15) is 0 Å². The lowest BCUT2D eigenvalue weighted by molar-refractivity contribution is -0.142. The molecule has 0 fully saturated rings. The van der Waals surface area contributed by atoms with E-state index in [4.69, 9.17) is 10.5 Å². The minimum atomic E-state index is -2.70. The van der Waals surface area contributed by atoms with Gasteiger partial charge in [0.2, 0.25) is 0 Å². The normalized spacial score (nSPS) is 10.5. The summed E-state index contributed by atoms with van der Waals surface area (Å²) in [4.78, 5) is 14.6. The zero-order valence-corrected chi connectivity index (χ0v) is 8.74. The second-order valence-electron chi connectivity index (χ2n) is 3.11. The Labute approximate surface area is 91.4 Å². The SMILES string of the molecule is CCOC(=O)Cc1cc(N)nc(C(F)F)c1. The first-order valence-electron chi connectivity index (χ1n) is 4.73. The summed E-state index contributed by atoms with van der Waals surface area (Å²) in [6, 6.07) is 2.53. The van der Waals surface area contributed by atoms with Crippen molar-refractivity contribution in [3.05, 3.63) is 23.4 Å². The number of hydrogen-bond donors (Lipinski definition) is 1. The van der Waals surface area contributed by atoms with E-state index >= 15 is 0 Å². The number of hydrogen-bond acceptors (Lipinski definition) is 4. The van der Waals surface area contributed by atoms with Gasteiger partial charge in [0, 0.05) is 0 Å². The van der Waals surface area contributed by atoms with Crippen molar-refractivity contribution < 1.29 is 18.3 Å². The fourth-order valence-corrected chi connectivity index (χ4v) is 1.23. The number of nitrogen functional groups attached to an aromatic ring is 1. The van der Waals surface area contributed by atoms with Crippen LogP contribution in [0.5, 0.6) is 0 Å². The summed E-state index contributed by atoms with van der Waals surface area (Å²) >= 11 is 0. The van der Waals surface area contributed by atoms with Crippen molar-refractivity contribution in [1.82, 2.24) is 4.98 Å². The highest BCUT2D eigenvalue weighted by atomic mass is 19.3. The maximum absolute atomic E-state index is 12.4. The number of alkyl halides is 2. The molecular formula is C10H12F2N2O2. The molecule has 0 aromatic carbocycles. The molecule has 88 valence electrons. The third kappa shape index (κ3) is 3.45. The zero-order valence-electron chi connectivity index (χ0n) is 8.74. The van der Waals surface area contributed by atoms with Crippen molar-refractivity contribution in [1.29, 1.82) is 0 Å². The number of aromatic nitrogens is 1. The molecule has 2 N–H and O–H groups in total. The van der Waals surface area contributed by atoms with Crippen molar-refractivity contribution in [2.24, 2.45) is 0 Å². The van der Waals surface area contributed by atoms with Crippen molar-refractivity contribution in [2.45, 2.75) is 19.8 Å². The third-order valence-electron chi connectivity index (χ3n) is 1.80. The highest BCUT2D eigenvalue weighted by Gasteiger charge is 2.12. The van der Waals surface area contributed by atoms with Gasteiger partial charge in [-0.1, -0.05) is 0 Å². The number of nitrogens with two attached hydrogens (primary N) is 1. The Morgan fingerprint density at radius 1 is 1.56 bits per heavy atom. The van der Waals surface area contributed by atoms with Gasteiger partial charge in [0.1, 0.15) is 11.5 Å². The van der Waals surface area contributed by atoms with E-state index in [1.54, 1.807) is 6.92 Å². The minimum absolute atomic E-state index is 0.0305. The van der Waals surface area contributed by atoms with Gasteiger partial charge in [0.15, 0.2) is 0 Å². The number of halogens is 2. The molecular weight excluding hydrogens is 218 g/mol. The van der Waals surface area contributed by atoms with Crippen LogP contribution in [-0.2, 0) is 16.0 Å². The number of anilines is 1. The largest absolute Gasteiger partial charge is 0.466 e. The second kappa shape index (κ2) is 5.39. The molecule has 4 nitrogen and oxygen atoms in total. The highest BCUT2D eigenvalue weighted by Crippen LogP contribution is 2.19. The molecule has 16 heavy (non-hydrogen) atoms. The first-order valence-corrected chi connectivity index (χ1v) is 4.73. The molecule has 1 aromatic rings. The summed E-state index contributed by atoms with van der Waals surface area (Å²) in [7, 11) is 0. The van der Waals surface area contributed by atoms with Gasteiger partial charge in [-0.15, -0.1) is 0 Å². The molecule has 0 saturated heterocycles. The summed E-state index contributed by atoms with van der Waals surface area (Å²) < 4.78 is 29.5. The van der Waals surface area contributed by atoms with Crippen LogP contribution in [0.15, 0.2) is 12.1 Å². The zero-order chi connectivity index (χ0) is 12.1. The van der Waals surface area contributed by atoms with Gasteiger partial charge < -0.3 is 10.5 Å². The van der Waals surface area contributed by atoms with Gasteiger partial charge in [-0.05, 0) is 24.6 Å². The van der Waals surface area contributed by atoms with E-state index in [1.165, 1.54) is 6.07 Å². The van der Waals surface area contributed by atoms with Gasteiger partial charge in [-0.3, -0.25) is 4.79 Å². The van der Waals surface area contributed by atoms with E-state index < -0.39 is 18.1 Å². The number of rotatable bonds is 4. The van der Waals surface area contributed by atoms with E-state index in [1.807, 2.05) is 0 Å². The van der Waals surface area contributed by atoms with E-state index in [0.29, 0.717) is 5.56 Å². The van der Waals surface area contributed by atoms with Crippen molar-refractivity contribution >= 4 is 11.8 Å². The molecule has 0 amide bonds. The highest BCUT2D eigenvalue weighted by molar-refractivity contribution is 5.72. The average molecular weight is 230 g/mol. The van der Waals surface area contributed by atoms with Crippen LogP contribution in [0.2, 0.25) is 0 Å². The first kappa shape index (κ1) is 12.4. The van der Waals surface area contributed by atoms with E-state index in [9.17, 15) is 13.6 Å². The number of nitrogens with zero attached hydrogens (tertiary/aromatic N) is 1. The Morgan fingerprint density at radius 3 is 2.81 bits per heavy atom. The van der Waals surface area contributed by atoms with Crippen LogP contribution in [0.3, 0.4) is 0 Å². The number of esters is 1. The van der Waals surface area contributed by atoms with E-state index in [-0.39, 0.29) is 18.8 Å². The molecule has 0 radical (unpaired) electrons. The predicted molar refractivity (Wildman–Crippen MR) is 53.9 cm³/mol. The summed E-state index contributed by atoms with van der Waals surface area (Å²) in [5.74, 6) is -0.509. The Bertz CT molecular complexity index is 383. The molecule has 1 heterocycles. The molecule has 0 saturated carbocycles. The smallest absolute Gasteiger partial charge is 0.310 e. The van der Waals surface area contributed by atoms with Crippen molar-refractivity contribution in [2.75, 3.05) is 12.3 Å². The standard InChI is InChI=1S/C10H12F2N2O2/c1-2-16-9(15)5-6-3-7(10(11)12)14-8(13)4-6/h3-4,10H,2,5H2,1H3,(H2,13,14). The number of carbonyl (C=O) groups is 1. The molecule has 0 spiro atoms. The topological polar surface area (TPSA) is 65.2 Å². The van der Waals surface area contributed by atoms with E-state index in [2.05, 4.69) is 4.98 Å². The van der Waals surface area contributed by atoms with Gasteiger partial charge in [0.05, 0.1) is 13.0 Å². The quantitative estimate of drug-likeness (QED) is 0.799. The average Bonchev–Trinajstić information content (AvgIpc) is 2.16. The second-order valence-corrected chi connectivity index (χ2v) is 3.11. The maximum atomic E-state index is 12.4. The number of pyridine rings is 1. The lowest BCUT2D eigenvalue weighted by Crippen LogP contribution is -2.09. The fraction of sp³-hybridized carbons (Fsp3) is 0.400. The van der Waals surface area contributed by atoms with Crippen molar-refractivity contribution in [3.8, 4) is 0 Å². The molecule has 0 aliphatic rings. The Kier molecular flexibility index (Phi) is 4.16. The lowest BCUT2D eigenvalue weighted by Gasteiger charge is -2.05. The molecule has 0 aliphatic carbocycles. The van der Waals surface area contributed by atoms with Gasteiger partial charge >= 0.3 is 5.97 Å². The third-order valence-corrected chi connectivity index (χ3v) is 1.80. The molecule has 0 unspecified atom stereocenters. The van der Waals surface area contributed by atoms with Gasteiger partial charge in [0.25, 0.3) is 6.43 Å². The minimum Gasteiger partial charge on any atom is -0.466 e. The van der Waals surface area contributed by atoms with Crippen molar-refractivity contribution in [3.63, 3.8) is 0 Å². The first-order chi connectivity index (χ1) is 7.52. The predicted octanol–water partition coefficient (Wildman–Crippen LogP) is 1.71. The van der Waals surface area contributed by atoms with E-state index in [0.717, 1.165) is 6.07 Å². The van der Waals surface area contributed by atoms with Crippen LogP contribution in [0, 0.1) is 0 Å². The van der Waals surface area contributed by atoms with Crippen LogP contribution in [0.25, 0.3) is 0 Å². The monoisotopic (exact) mass is 230 g/mol. The molecule has 6 heteroatoms. The Hall–Kier alpha value is -1.72. The lowest BCUT2D eigenvalue weighted by atomic mass is 10.1. The number of ether oxygens (including phenoxy) is 1. The Morgan fingerprint density at radius 2 is 2.25 bits per heavy atom. The van der Waals surface area contributed by atoms with Gasteiger partial charge in [-0.25, -0.2) is 13.8 Å². The summed E-state index contributed by atoms with van der Waals surface area (Å²) in [5.41, 5.74) is 5.30. The molecule has 0 atom stereocenters. The summed E-state index contributed by atoms with van der Waals surface area (Å²) in [6.07, 6.45) is -2.79. The van der Waals surface area contributed by atoms with Crippen LogP contribution >= 0.6 is 0 Å².